The summed E-state index contributed by atoms with van der Waals surface area (Å²) in [7, 11) is 0. The van der Waals surface area contributed by atoms with Gasteiger partial charge in [0.05, 0.1) is 18.8 Å². The maximum absolute atomic E-state index is 12.5. The van der Waals surface area contributed by atoms with Crippen LogP contribution < -0.4 is 5.32 Å². The summed E-state index contributed by atoms with van der Waals surface area (Å²) in [5.41, 5.74) is 0. The second-order valence-corrected chi connectivity index (χ2v) is 19.7. The molecule has 0 rings (SSSR count). The van der Waals surface area contributed by atoms with E-state index in [1.54, 1.807) is 0 Å². The summed E-state index contributed by atoms with van der Waals surface area (Å²) < 4.78 is 0. The molecular weight excluding hydrogens is 747 g/mol. The Morgan fingerprint density at radius 2 is 0.623 bits per heavy atom. The molecule has 0 fully saturated rings. The molecule has 0 radical (unpaired) electrons. The van der Waals surface area contributed by atoms with Gasteiger partial charge in [0, 0.05) is 6.42 Å². The fraction of sp³-hybridized carbons (Fsp3) is 0.947. The molecule has 0 aliphatic heterocycles. The smallest absolute Gasteiger partial charge is 0.220 e. The molecule has 0 spiro atoms. The number of carbonyl (C=O) groups is 1. The number of hydrogen-bond donors (Lipinski definition) is 3. The molecule has 2 unspecified atom stereocenters. The minimum atomic E-state index is -0.658. The molecule has 0 aromatic carbocycles. The SMILES string of the molecule is CCCCCCCCCCCCCC/C=C\CCCCCCCCCCCCC(=O)NC(CO)C(O)CCCCCCCCCCCCCCCCCCCCCCCCC. The van der Waals surface area contributed by atoms with E-state index < -0.39 is 12.1 Å². The second kappa shape index (κ2) is 53.5. The zero-order chi connectivity index (χ0) is 44.2. The molecule has 0 saturated carbocycles. The molecule has 4 heteroatoms. The van der Waals surface area contributed by atoms with Gasteiger partial charge in [0.1, 0.15) is 0 Å². The lowest BCUT2D eigenvalue weighted by Gasteiger charge is -2.22. The van der Waals surface area contributed by atoms with E-state index in [2.05, 4.69) is 31.3 Å². The van der Waals surface area contributed by atoms with Gasteiger partial charge < -0.3 is 15.5 Å². The van der Waals surface area contributed by atoms with Gasteiger partial charge in [0.15, 0.2) is 0 Å². The molecule has 0 aromatic rings. The van der Waals surface area contributed by atoms with Crippen molar-refractivity contribution in [1.29, 1.82) is 0 Å². The van der Waals surface area contributed by atoms with Gasteiger partial charge in [-0.15, -0.1) is 0 Å². The van der Waals surface area contributed by atoms with Crippen LogP contribution in [0.5, 0.6) is 0 Å². The number of aliphatic hydroxyl groups is 2. The lowest BCUT2D eigenvalue weighted by Crippen LogP contribution is -2.45. The average molecular weight is 861 g/mol. The summed E-state index contributed by atoms with van der Waals surface area (Å²) in [4.78, 5) is 12.5. The molecule has 0 aromatic heterocycles. The molecule has 2 atom stereocenters. The van der Waals surface area contributed by atoms with Crippen LogP contribution in [-0.2, 0) is 4.79 Å². The van der Waals surface area contributed by atoms with Crippen LogP contribution in [0.25, 0.3) is 0 Å². The van der Waals surface area contributed by atoms with Gasteiger partial charge in [-0.1, -0.05) is 296 Å². The number of unbranched alkanes of at least 4 members (excludes halogenated alkanes) is 44. The topological polar surface area (TPSA) is 69.6 Å². The van der Waals surface area contributed by atoms with Crippen LogP contribution in [0, 0.1) is 0 Å². The normalized spacial score (nSPS) is 12.8. The Labute approximate surface area is 384 Å². The Morgan fingerprint density at radius 1 is 0.377 bits per heavy atom. The van der Waals surface area contributed by atoms with E-state index in [0.717, 1.165) is 25.7 Å². The number of allylic oxidation sites excluding steroid dienone is 2. The van der Waals surface area contributed by atoms with Crippen LogP contribution in [0.15, 0.2) is 12.2 Å². The summed E-state index contributed by atoms with van der Waals surface area (Å²) in [6, 6.07) is -0.535. The van der Waals surface area contributed by atoms with E-state index in [9.17, 15) is 15.0 Å². The van der Waals surface area contributed by atoms with Gasteiger partial charge >= 0.3 is 0 Å². The van der Waals surface area contributed by atoms with Crippen LogP contribution in [0.1, 0.15) is 328 Å². The second-order valence-electron chi connectivity index (χ2n) is 19.7. The molecule has 0 aliphatic rings. The van der Waals surface area contributed by atoms with Crippen LogP contribution in [0.3, 0.4) is 0 Å². The van der Waals surface area contributed by atoms with E-state index in [-0.39, 0.29) is 12.5 Å². The summed E-state index contributed by atoms with van der Waals surface area (Å²) in [5, 5.41) is 23.4. The van der Waals surface area contributed by atoms with Crippen LogP contribution >= 0.6 is 0 Å². The molecule has 61 heavy (non-hydrogen) atoms. The first kappa shape index (κ1) is 60.1. The molecular formula is C57H113NO3. The maximum atomic E-state index is 12.5. The number of aliphatic hydroxyl groups excluding tert-OH is 2. The van der Waals surface area contributed by atoms with Gasteiger partial charge in [0.2, 0.25) is 5.91 Å². The van der Waals surface area contributed by atoms with Crippen molar-refractivity contribution >= 4 is 5.91 Å². The van der Waals surface area contributed by atoms with Gasteiger partial charge in [-0.25, -0.2) is 0 Å². The molecule has 0 aliphatic carbocycles. The van der Waals surface area contributed by atoms with E-state index in [1.165, 1.54) is 276 Å². The Balaban J connectivity index is 3.43. The third kappa shape index (κ3) is 50.0. The van der Waals surface area contributed by atoms with Gasteiger partial charge in [0.25, 0.3) is 0 Å². The van der Waals surface area contributed by atoms with Crippen molar-refractivity contribution in [2.24, 2.45) is 0 Å². The molecule has 364 valence electrons. The van der Waals surface area contributed by atoms with Gasteiger partial charge in [-0.2, -0.15) is 0 Å². The van der Waals surface area contributed by atoms with Crippen LogP contribution in [0.2, 0.25) is 0 Å². The number of carbonyl (C=O) groups excluding carboxylic acids is 1. The van der Waals surface area contributed by atoms with Gasteiger partial charge in [-0.05, 0) is 38.5 Å². The van der Waals surface area contributed by atoms with Crippen LogP contribution in [0.4, 0.5) is 0 Å². The Hall–Kier alpha value is -0.870. The first-order valence-electron chi connectivity index (χ1n) is 28.4. The molecule has 1 amide bonds. The minimum absolute atomic E-state index is 0.0263. The van der Waals surface area contributed by atoms with E-state index >= 15 is 0 Å². The summed E-state index contributed by atoms with van der Waals surface area (Å²) >= 11 is 0. The lowest BCUT2D eigenvalue weighted by molar-refractivity contribution is -0.123. The predicted molar refractivity (Wildman–Crippen MR) is 272 cm³/mol. The third-order valence-corrected chi connectivity index (χ3v) is 13.5. The lowest BCUT2D eigenvalue weighted by atomic mass is 10.0. The third-order valence-electron chi connectivity index (χ3n) is 13.5. The van der Waals surface area contributed by atoms with Gasteiger partial charge in [-0.3, -0.25) is 4.79 Å². The van der Waals surface area contributed by atoms with Crippen molar-refractivity contribution in [3.8, 4) is 0 Å². The van der Waals surface area contributed by atoms with Crippen molar-refractivity contribution in [3.63, 3.8) is 0 Å². The predicted octanol–water partition coefficient (Wildman–Crippen LogP) is 18.5. The standard InChI is InChI=1S/C57H113NO3/c1-3-5-7-9-11-13-15-17-19-21-23-25-27-28-29-31-33-35-37-39-41-43-45-47-49-51-53-57(61)58-55(54-59)56(60)52-50-48-46-44-42-40-38-36-34-32-30-26-24-22-20-18-16-14-12-10-8-6-4-2/h28-29,55-56,59-60H,3-27,30-54H2,1-2H3,(H,58,61)/b29-28-. The highest BCUT2D eigenvalue weighted by Crippen LogP contribution is 2.18. The fourth-order valence-corrected chi connectivity index (χ4v) is 9.18. The Bertz CT molecular complexity index is 844. The van der Waals surface area contributed by atoms with Crippen LogP contribution in [-0.4, -0.2) is 34.9 Å². The van der Waals surface area contributed by atoms with Crippen molar-refractivity contribution in [2.45, 2.75) is 341 Å². The largest absolute Gasteiger partial charge is 0.394 e. The molecule has 3 N–H and O–H groups in total. The number of hydrogen-bond acceptors (Lipinski definition) is 3. The van der Waals surface area contributed by atoms with Crippen molar-refractivity contribution in [1.82, 2.24) is 5.32 Å². The maximum Gasteiger partial charge on any atom is 0.220 e. The Morgan fingerprint density at radius 3 is 0.902 bits per heavy atom. The average Bonchev–Trinajstić information content (AvgIpc) is 3.26. The summed E-state index contributed by atoms with van der Waals surface area (Å²) in [6.45, 7) is 4.40. The fourth-order valence-electron chi connectivity index (χ4n) is 9.18. The first-order chi connectivity index (χ1) is 30.2. The molecule has 0 saturated heterocycles. The quantitative estimate of drug-likeness (QED) is 0.0421. The van der Waals surface area contributed by atoms with E-state index in [4.69, 9.17) is 0 Å². The van der Waals surface area contributed by atoms with E-state index in [0.29, 0.717) is 12.8 Å². The summed E-state index contributed by atoms with van der Waals surface area (Å²) in [5.74, 6) is -0.0263. The summed E-state index contributed by atoms with van der Waals surface area (Å²) in [6.07, 6.45) is 69.1. The monoisotopic (exact) mass is 860 g/mol. The highest BCUT2D eigenvalue weighted by Gasteiger charge is 2.20. The first-order valence-corrected chi connectivity index (χ1v) is 28.4. The van der Waals surface area contributed by atoms with Crippen molar-refractivity contribution in [3.05, 3.63) is 12.2 Å². The highest BCUT2D eigenvalue weighted by molar-refractivity contribution is 5.76. The highest BCUT2D eigenvalue weighted by atomic mass is 16.3. The number of amides is 1. The molecule has 4 nitrogen and oxygen atoms in total. The zero-order valence-corrected chi connectivity index (χ0v) is 42.0. The Kier molecular flexibility index (Phi) is 52.7. The molecule has 0 heterocycles. The van der Waals surface area contributed by atoms with E-state index in [1.807, 2.05) is 0 Å². The van der Waals surface area contributed by atoms with Crippen molar-refractivity contribution < 1.29 is 15.0 Å². The molecule has 0 bridgehead atoms. The zero-order valence-electron chi connectivity index (χ0n) is 42.0. The van der Waals surface area contributed by atoms with Crippen molar-refractivity contribution in [2.75, 3.05) is 6.61 Å². The minimum Gasteiger partial charge on any atom is -0.394 e. The number of rotatable bonds is 53. The number of nitrogens with one attached hydrogen (secondary N) is 1.